The van der Waals surface area contributed by atoms with Gasteiger partial charge in [-0.3, -0.25) is 13.8 Å². The quantitative estimate of drug-likeness (QED) is 0.160. The largest absolute Gasteiger partial charge is 0.404 e. The van der Waals surface area contributed by atoms with E-state index in [-0.39, 0.29) is 32.5 Å². The van der Waals surface area contributed by atoms with E-state index in [9.17, 15) is 4.79 Å². The van der Waals surface area contributed by atoms with Crippen LogP contribution in [-0.2, 0) is 47.6 Å². The van der Waals surface area contributed by atoms with Crippen LogP contribution in [0.15, 0.2) is 35.1 Å². The molecular weight excluding hydrogens is 645 g/mol. The molecule has 3 aromatic rings. The predicted octanol–water partition coefficient (Wildman–Crippen LogP) is 6.72. The number of aromatic nitrogens is 4. The number of nitrogens with zero attached hydrogens (tertiary/aromatic N) is 4. The third kappa shape index (κ3) is 9.63. The van der Waals surface area contributed by atoms with Crippen molar-refractivity contribution in [2.45, 2.75) is 19.7 Å². The highest BCUT2D eigenvalue weighted by atomic mass is 35.5. The van der Waals surface area contributed by atoms with Gasteiger partial charge in [-0.2, -0.15) is 9.67 Å². The van der Waals surface area contributed by atoms with E-state index in [0.717, 1.165) is 0 Å². The van der Waals surface area contributed by atoms with E-state index in [2.05, 4.69) is 15.3 Å². The zero-order valence-electron chi connectivity index (χ0n) is 20.0. The molecule has 2 aromatic heterocycles. The first-order valence-corrected chi connectivity index (χ1v) is 18.2. The molecule has 0 aliphatic rings. The van der Waals surface area contributed by atoms with Crippen molar-refractivity contribution < 1.29 is 22.6 Å². The van der Waals surface area contributed by atoms with Crippen molar-refractivity contribution in [3.8, 4) is 5.88 Å². The molecular formula is C19H23Cl3N4O6P2S3. The number of fused-ring (bicyclic) bond motifs is 1. The van der Waals surface area contributed by atoms with Gasteiger partial charge in [0.05, 0.1) is 23.6 Å². The van der Waals surface area contributed by atoms with Gasteiger partial charge >= 0.3 is 6.72 Å². The highest BCUT2D eigenvalue weighted by molar-refractivity contribution is 8.67. The molecule has 2 heterocycles. The van der Waals surface area contributed by atoms with Crippen LogP contribution in [0.2, 0.25) is 15.2 Å². The molecule has 0 radical (unpaired) electrons. The van der Waals surface area contributed by atoms with Crippen molar-refractivity contribution in [2.75, 3.05) is 27.4 Å². The number of pyridine rings is 1. The lowest BCUT2D eigenvalue weighted by Gasteiger charge is -2.20. The minimum Gasteiger partial charge on any atom is -0.404 e. The number of hydrogen-bond donors (Lipinski definition) is 0. The number of halogens is 3. The van der Waals surface area contributed by atoms with Crippen molar-refractivity contribution in [3.63, 3.8) is 0 Å². The van der Waals surface area contributed by atoms with Crippen LogP contribution in [0.5, 0.6) is 5.88 Å². The van der Waals surface area contributed by atoms with Crippen molar-refractivity contribution >= 4 is 93.1 Å². The van der Waals surface area contributed by atoms with Crippen molar-refractivity contribution in [1.29, 1.82) is 0 Å². The summed E-state index contributed by atoms with van der Waals surface area (Å²) in [7, 11) is 2.98. The summed E-state index contributed by atoms with van der Waals surface area (Å²) in [4.78, 5) is 16.1. The zero-order chi connectivity index (χ0) is 27.6. The van der Waals surface area contributed by atoms with Gasteiger partial charge in [0.25, 0.3) is 5.56 Å². The van der Waals surface area contributed by atoms with Crippen LogP contribution in [0.3, 0.4) is 0 Å². The molecule has 3 rings (SSSR count). The summed E-state index contributed by atoms with van der Waals surface area (Å²) >= 11 is 29.1. The standard InChI is InChI=1S/C10H12N3O3PS2.C9H11Cl3NO3PS/c1-15-17(18,16-2)19-7-13-10(14)8-5-3-4-6-9(8)11-12-13;1-3-14-17(18,15-4-2)16-9-7(11)5-6(10)8(12)13-9/h3-6H,7H2,1-2H3;5H,3-4H2,1-2H3. The van der Waals surface area contributed by atoms with Gasteiger partial charge < -0.3 is 13.6 Å². The molecule has 0 aliphatic heterocycles. The zero-order valence-corrected chi connectivity index (χ0v) is 26.5. The summed E-state index contributed by atoms with van der Waals surface area (Å²) in [5.41, 5.74) is -2.03. The fraction of sp³-hybridized carbons (Fsp3) is 0.368. The third-order valence-electron chi connectivity index (χ3n) is 4.04. The molecule has 0 spiro atoms. The lowest BCUT2D eigenvalue weighted by Crippen LogP contribution is -2.23. The molecule has 0 aliphatic carbocycles. The average Bonchev–Trinajstić information content (AvgIpc) is 2.87. The van der Waals surface area contributed by atoms with E-state index < -0.39 is 12.4 Å². The van der Waals surface area contributed by atoms with Crippen LogP contribution in [0.1, 0.15) is 13.8 Å². The molecule has 0 saturated heterocycles. The summed E-state index contributed by atoms with van der Waals surface area (Å²) in [5.74, 6) is 0.298. The first kappa shape index (κ1) is 32.8. The lowest BCUT2D eigenvalue weighted by atomic mass is 10.2. The summed E-state index contributed by atoms with van der Waals surface area (Å²) in [6.45, 7) is 1.37. The minimum absolute atomic E-state index is 0.0521. The normalized spacial score (nSPS) is 11.8. The summed E-state index contributed by atoms with van der Waals surface area (Å²) < 4.78 is 27.6. The molecule has 10 nitrogen and oxygen atoms in total. The fourth-order valence-electron chi connectivity index (χ4n) is 2.42. The first-order valence-electron chi connectivity index (χ1n) is 10.3. The van der Waals surface area contributed by atoms with Crippen molar-refractivity contribution in [1.82, 2.24) is 20.0 Å². The molecule has 37 heavy (non-hydrogen) atoms. The van der Waals surface area contributed by atoms with Crippen molar-refractivity contribution in [3.05, 3.63) is 55.9 Å². The van der Waals surface area contributed by atoms with Gasteiger partial charge in [-0.15, -0.1) is 5.10 Å². The first-order chi connectivity index (χ1) is 17.5. The van der Waals surface area contributed by atoms with Crippen LogP contribution >= 0.6 is 58.6 Å². The predicted molar refractivity (Wildman–Crippen MR) is 157 cm³/mol. The Morgan fingerprint density at radius 2 is 1.65 bits per heavy atom. The number of benzene rings is 1. The van der Waals surface area contributed by atoms with Crippen molar-refractivity contribution in [2.24, 2.45) is 0 Å². The monoisotopic (exact) mass is 666 g/mol. The molecule has 1 aromatic carbocycles. The van der Waals surface area contributed by atoms with Gasteiger partial charge in [0, 0.05) is 26.0 Å². The highest BCUT2D eigenvalue weighted by Gasteiger charge is 2.24. The van der Waals surface area contributed by atoms with Gasteiger partial charge in [-0.25, -0.2) is 0 Å². The number of rotatable bonds is 11. The Balaban J connectivity index is 0.000000261. The van der Waals surface area contributed by atoms with E-state index in [0.29, 0.717) is 24.1 Å². The summed E-state index contributed by atoms with van der Waals surface area (Å²) in [6.07, 6.45) is 0. The molecule has 0 unspecified atom stereocenters. The van der Waals surface area contributed by atoms with Crippen LogP contribution in [0, 0.1) is 0 Å². The maximum Gasteiger partial charge on any atom is 0.381 e. The summed E-state index contributed by atoms with van der Waals surface area (Å²) in [6, 6.07) is 8.49. The van der Waals surface area contributed by atoms with Crippen LogP contribution < -0.4 is 10.1 Å². The van der Waals surface area contributed by atoms with Gasteiger partial charge in [-0.1, -0.05) is 52.1 Å². The molecule has 18 heteroatoms. The second kappa shape index (κ2) is 15.4. The van der Waals surface area contributed by atoms with Gasteiger partial charge in [0.2, 0.25) is 11.6 Å². The van der Waals surface area contributed by atoms with E-state index in [1.807, 2.05) is 6.07 Å². The SMILES string of the molecule is CCOP(=S)(OCC)Oc1nc(Cl)c(Cl)cc1Cl.COP(=S)(OC)SCn1nnc2ccccc2c1=O. The fourth-order valence-corrected chi connectivity index (χ4v) is 7.60. The maximum absolute atomic E-state index is 12.2. The molecule has 0 amide bonds. The third-order valence-corrected chi connectivity index (χ3v) is 13.0. The van der Waals surface area contributed by atoms with Gasteiger partial charge in [0.1, 0.15) is 16.4 Å². The van der Waals surface area contributed by atoms with Crippen LogP contribution in [0.25, 0.3) is 10.9 Å². The van der Waals surface area contributed by atoms with Gasteiger partial charge in [-0.05, 0) is 55.2 Å². The van der Waals surface area contributed by atoms with Crippen LogP contribution in [-0.4, -0.2) is 47.4 Å². The molecule has 0 fully saturated rings. The lowest BCUT2D eigenvalue weighted by molar-refractivity contribution is 0.216. The minimum atomic E-state index is -2.92. The Labute approximate surface area is 243 Å². The Kier molecular flexibility index (Phi) is 13.7. The Morgan fingerprint density at radius 3 is 2.24 bits per heavy atom. The average molecular weight is 668 g/mol. The molecule has 0 N–H and O–H groups in total. The molecule has 204 valence electrons. The second-order valence-corrected chi connectivity index (χ2v) is 17.0. The highest BCUT2D eigenvalue weighted by Crippen LogP contribution is 2.60. The van der Waals surface area contributed by atoms with E-state index in [1.54, 1.807) is 32.0 Å². The molecule has 0 saturated carbocycles. The van der Waals surface area contributed by atoms with E-state index in [4.69, 9.17) is 81.0 Å². The maximum atomic E-state index is 12.2. The Morgan fingerprint density at radius 1 is 1.03 bits per heavy atom. The smallest absolute Gasteiger partial charge is 0.381 e. The van der Waals surface area contributed by atoms with E-state index >= 15 is 0 Å². The Bertz CT molecular complexity index is 1350. The summed E-state index contributed by atoms with van der Waals surface area (Å²) in [5, 5.41) is 8.89. The van der Waals surface area contributed by atoms with Gasteiger partial charge in [0.15, 0.2) is 5.15 Å². The molecule has 0 atom stereocenters. The number of hydrogen-bond acceptors (Lipinski definition) is 12. The van der Waals surface area contributed by atoms with Crippen LogP contribution in [0.4, 0.5) is 0 Å². The van der Waals surface area contributed by atoms with E-state index in [1.165, 1.54) is 36.3 Å². The Hall–Kier alpha value is -0.400. The second-order valence-electron chi connectivity index (χ2n) is 6.40. The molecule has 0 bridgehead atoms. The topological polar surface area (TPSA) is 107 Å².